The molecule has 0 bridgehead atoms. The van der Waals surface area contributed by atoms with Gasteiger partial charge in [-0.25, -0.2) is 4.98 Å². The molecule has 2 rings (SSSR count). The van der Waals surface area contributed by atoms with Crippen LogP contribution in [0.5, 0.6) is 0 Å². The van der Waals surface area contributed by atoms with Gasteiger partial charge in [0.2, 0.25) is 0 Å². The van der Waals surface area contributed by atoms with Gasteiger partial charge < -0.3 is 15.6 Å². The molecule has 0 fully saturated rings. The molecular formula is C14H19Cl2N5O3. The molecule has 132 valence electrons. The van der Waals surface area contributed by atoms with Crippen molar-refractivity contribution < 1.29 is 9.72 Å². The first-order valence-electron chi connectivity index (χ1n) is 6.62. The maximum absolute atomic E-state index is 12.1. The highest BCUT2D eigenvalue weighted by molar-refractivity contribution is 5.95. The van der Waals surface area contributed by atoms with Crippen LogP contribution in [0.4, 0.5) is 5.69 Å². The highest BCUT2D eigenvalue weighted by Gasteiger charge is 2.19. The second-order valence-corrected chi connectivity index (χ2v) is 5.60. The molecule has 24 heavy (non-hydrogen) atoms. The first-order valence-corrected chi connectivity index (χ1v) is 6.62. The number of nitrogens with one attached hydrogen (secondary N) is 1. The van der Waals surface area contributed by atoms with Crippen LogP contribution in [0.2, 0.25) is 0 Å². The Labute approximate surface area is 151 Å². The van der Waals surface area contributed by atoms with Gasteiger partial charge in [-0.15, -0.1) is 24.8 Å². The van der Waals surface area contributed by atoms with E-state index in [0.717, 1.165) is 0 Å². The topological polar surface area (TPSA) is 116 Å². The van der Waals surface area contributed by atoms with Crippen molar-refractivity contribution in [3.8, 4) is 5.69 Å². The van der Waals surface area contributed by atoms with Crippen molar-refractivity contribution in [3.05, 3.63) is 52.6 Å². The quantitative estimate of drug-likeness (QED) is 0.612. The molecule has 0 atom stereocenters. The Morgan fingerprint density at radius 2 is 2.08 bits per heavy atom. The lowest BCUT2D eigenvalue weighted by atomic mass is 10.1. The minimum atomic E-state index is -0.557. The number of amides is 1. The van der Waals surface area contributed by atoms with Gasteiger partial charge in [0.25, 0.3) is 11.6 Å². The number of nitrogens with two attached hydrogens (primary N) is 1. The molecule has 0 saturated carbocycles. The minimum Gasteiger partial charge on any atom is -0.350 e. The Balaban J connectivity index is 0.00000264. The normalized spacial score (nSPS) is 10.3. The van der Waals surface area contributed by atoms with Crippen molar-refractivity contribution in [2.75, 3.05) is 6.54 Å². The second-order valence-electron chi connectivity index (χ2n) is 5.60. The zero-order valence-electron chi connectivity index (χ0n) is 13.1. The summed E-state index contributed by atoms with van der Waals surface area (Å²) in [5.41, 5.74) is 5.62. The molecule has 0 radical (unpaired) electrons. The lowest BCUT2D eigenvalue weighted by Gasteiger charge is -2.18. The monoisotopic (exact) mass is 375 g/mol. The Morgan fingerprint density at radius 3 is 2.58 bits per heavy atom. The number of hydrogen-bond donors (Lipinski definition) is 2. The summed E-state index contributed by atoms with van der Waals surface area (Å²) in [7, 11) is 0. The van der Waals surface area contributed by atoms with Crippen molar-refractivity contribution in [2.24, 2.45) is 5.73 Å². The van der Waals surface area contributed by atoms with Crippen molar-refractivity contribution in [1.82, 2.24) is 14.9 Å². The Morgan fingerprint density at radius 1 is 1.42 bits per heavy atom. The van der Waals surface area contributed by atoms with E-state index in [1.165, 1.54) is 35.3 Å². The maximum atomic E-state index is 12.1. The Bertz CT molecular complexity index is 699. The molecule has 1 aromatic carbocycles. The van der Waals surface area contributed by atoms with Crippen LogP contribution in [0.15, 0.2) is 36.9 Å². The molecule has 0 aliphatic heterocycles. The molecule has 0 aliphatic carbocycles. The number of nitro groups is 1. The number of hydrogen-bond acceptors (Lipinski definition) is 5. The third-order valence-corrected chi connectivity index (χ3v) is 2.92. The molecule has 2 aromatic rings. The average Bonchev–Trinajstić information content (AvgIpc) is 2.97. The molecule has 3 N–H and O–H groups in total. The Kier molecular flexibility index (Phi) is 7.85. The van der Waals surface area contributed by atoms with Crippen LogP contribution in [0, 0.1) is 10.1 Å². The number of carbonyl (C=O) groups excluding carboxylic acids is 1. The van der Waals surface area contributed by atoms with E-state index in [0.29, 0.717) is 5.69 Å². The number of halogens is 2. The van der Waals surface area contributed by atoms with E-state index in [1.807, 2.05) is 0 Å². The highest BCUT2D eigenvalue weighted by atomic mass is 35.5. The molecule has 1 heterocycles. The largest absolute Gasteiger partial charge is 0.350 e. The molecule has 0 unspecified atom stereocenters. The standard InChI is InChI=1S/C14H17N5O3.2ClH/c1-14(2,15)8-17-13(20)10-3-4-11(12(7-10)19(21)22)18-6-5-16-9-18;;/h3-7,9H,8,15H2,1-2H3,(H,17,20);2*1H. The van der Waals surface area contributed by atoms with Gasteiger partial charge in [0.05, 0.1) is 11.3 Å². The van der Waals surface area contributed by atoms with Crippen LogP contribution >= 0.6 is 24.8 Å². The first kappa shape index (κ1) is 21.8. The van der Waals surface area contributed by atoms with E-state index in [9.17, 15) is 14.9 Å². The van der Waals surface area contributed by atoms with E-state index in [1.54, 1.807) is 20.0 Å². The average molecular weight is 376 g/mol. The van der Waals surface area contributed by atoms with Gasteiger partial charge in [-0.3, -0.25) is 14.9 Å². The molecular weight excluding hydrogens is 357 g/mol. The number of nitrogens with zero attached hydrogens (tertiary/aromatic N) is 3. The summed E-state index contributed by atoms with van der Waals surface area (Å²) in [5, 5.41) is 13.9. The molecule has 1 amide bonds. The summed E-state index contributed by atoms with van der Waals surface area (Å²) >= 11 is 0. The summed E-state index contributed by atoms with van der Waals surface area (Å²) in [6, 6.07) is 4.29. The van der Waals surface area contributed by atoms with Crippen molar-refractivity contribution >= 4 is 36.4 Å². The molecule has 8 nitrogen and oxygen atoms in total. The van der Waals surface area contributed by atoms with Gasteiger partial charge in [0, 0.05) is 36.1 Å². The van der Waals surface area contributed by atoms with Gasteiger partial charge in [-0.2, -0.15) is 0 Å². The smallest absolute Gasteiger partial charge is 0.294 e. The third kappa shape index (κ3) is 5.48. The second kappa shape index (κ2) is 8.62. The zero-order valence-corrected chi connectivity index (χ0v) is 14.8. The fourth-order valence-corrected chi connectivity index (χ4v) is 1.84. The van der Waals surface area contributed by atoms with Gasteiger partial charge in [-0.1, -0.05) is 0 Å². The molecule has 1 aromatic heterocycles. The van der Waals surface area contributed by atoms with Gasteiger partial charge >= 0.3 is 0 Å². The summed E-state index contributed by atoms with van der Waals surface area (Å²) in [6.45, 7) is 3.82. The maximum Gasteiger partial charge on any atom is 0.294 e. The van der Waals surface area contributed by atoms with E-state index in [-0.39, 0.29) is 42.6 Å². The number of aromatic nitrogens is 2. The molecule has 10 heteroatoms. The number of imidazole rings is 1. The lowest BCUT2D eigenvalue weighted by Crippen LogP contribution is -2.45. The zero-order chi connectivity index (χ0) is 16.3. The Hall–Kier alpha value is -2.16. The van der Waals surface area contributed by atoms with Gasteiger partial charge in [0.15, 0.2) is 0 Å². The molecule has 0 spiro atoms. The van der Waals surface area contributed by atoms with Crippen LogP contribution in [0.1, 0.15) is 24.2 Å². The van der Waals surface area contributed by atoms with Crippen LogP contribution < -0.4 is 11.1 Å². The fraction of sp³-hybridized carbons (Fsp3) is 0.286. The minimum absolute atomic E-state index is 0. The van der Waals surface area contributed by atoms with Crippen molar-refractivity contribution in [3.63, 3.8) is 0 Å². The predicted octanol–water partition coefficient (Wildman–Crippen LogP) is 2.09. The summed E-state index contributed by atoms with van der Waals surface area (Å²) in [6.07, 6.45) is 4.58. The van der Waals surface area contributed by atoms with E-state index < -0.39 is 16.4 Å². The third-order valence-electron chi connectivity index (χ3n) is 2.92. The summed E-state index contributed by atoms with van der Waals surface area (Å²) in [5.74, 6) is -0.404. The number of benzene rings is 1. The van der Waals surface area contributed by atoms with Crippen LogP contribution in [0.25, 0.3) is 5.69 Å². The van der Waals surface area contributed by atoms with E-state index in [2.05, 4.69) is 10.3 Å². The summed E-state index contributed by atoms with van der Waals surface area (Å²) in [4.78, 5) is 26.6. The fourth-order valence-electron chi connectivity index (χ4n) is 1.84. The van der Waals surface area contributed by atoms with E-state index in [4.69, 9.17) is 5.73 Å². The van der Waals surface area contributed by atoms with Crippen LogP contribution in [-0.2, 0) is 0 Å². The number of carbonyl (C=O) groups is 1. The SMILES string of the molecule is CC(C)(N)CNC(=O)c1ccc(-n2ccnc2)c([N+](=O)[O-])c1.Cl.Cl. The van der Waals surface area contributed by atoms with Crippen molar-refractivity contribution in [1.29, 1.82) is 0 Å². The first-order chi connectivity index (χ1) is 10.3. The lowest BCUT2D eigenvalue weighted by molar-refractivity contribution is -0.384. The highest BCUT2D eigenvalue weighted by Crippen LogP contribution is 2.24. The van der Waals surface area contributed by atoms with Gasteiger partial charge in [0.1, 0.15) is 5.69 Å². The van der Waals surface area contributed by atoms with E-state index >= 15 is 0 Å². The van der Waals surface area contributed by atoms with Crippen molar-refractivity contribution in [2.45, 2.75) is 19.4 Å². The molecule has 0 saturated heterocycles. The number of rotatable bonds is 5. The van der Waals surface area contributed by atoms with Crippen LogP contribution in [-0.4, -0.2) is 32.5 Å². The van der Waals surface area contributed by atoms with Gasteiger partial charge in [-0.05, 0) is 26.0 Å². The predicted molar refractivity (Wildman–Crippen MR) is 95.3 cm³/mol. The summed E-state index contributed by atoms with van der Waals surface area (Å²) < 4.78 is 1.52. The number of nitro benzene ring substituents is 1. The molecule has 0 aliphatic rings. The van der Waals surface area contributed by atoms with Crippen LogP contribution in [0.3, 0.4) is 0 Å².